The van der Waals surface area contributed by atoms with Crippen LogP contribution in [-0.4, -0.2) is 55.0 Å². The third kappa shape index (κ3) is 3.06. The Hall–Kier alpha value is -1.15. The van der Waals surface area contributed by atoms with Crippen LogP contribution in [0.15, 0.2) is 11.6 Å². The molecule has 2 aromatic rings. The molecule has 0 spiro atoms. The fraction of sp³-hybridized carbons (Fsp3) is 0.583. The summed E-state index contributed by atoms with van der Waals surface area (Å²) >= 11 is 1.61. The minimum atomic E-state index is 0.105. The first-order valence-electron chi connectivity index (χ1n) is 6.25. The highest BCUT2D eigenvalue weighted by Crippen LogP contribution is 2.24. The van der Waals surface area contributed by atoms with Crippen molar-refractivity contribution in [3.8, 4) is 0 Å². The molecule has 0 aromatic carbocycles. The molecule has 6 nitrogen and oxygen atoms in total. The van der Waals surface area contributed by atoms with Crippen molar-refractivity contribution >= 4 is 22.1 Å². The summed E-state index contributed by atoms with van der Waals surface area (Å²) in [6, 6.07) is 0. The highest BCUT2D eigenvalue weighted by Gasteiger charge is 2.18. The SMILES string of the molecule is CNCc1c(N(CCO)CCOC)nc2sccn12. The first-order valence-corrected chi connectivity index (χ1v) is 7.13. The van der Waals surface area contributed by atoms with Gasteiger partial charge in [0.05, 0.1) is 18.9 Å². The highest BCUT2D eigenvalue weighted by atomic mass is 32.1. The van der Waals surface area contributed by atoms with Crippen molar-refractivity contribution in [2.45, 2.75) is 6.54 Å². The second-order valence-electron chi connectivity index (χ2n) is 4.17. The van der Waals surface area contributed by atoms with Crippen molar-refractivity contribution in [1.82, 2.24) is 14.7 Å². The number of aliphatic hydroxyl groups is 1. The molecular weight excluding hydrogens is 264 g/mol. The summed E-state index contributed by atoms with van der Waals surface area (Å²) < 4.78 is 7.22. The van der Waals surface area contributed by atoms with E-state index < -0.39 is 0 Å². The van der Waals surface area contributed by atoms with E-state index in [1.54, 1.807) is 18.4 Å². The number of anilines is 1. The Labute approximate surface area is 116 Å². The molecule has 0 saturated carbocycles. The lowest BCUT2D eigenvalue weighted by molar-refractivity contribution is 0.202. The maximum absolute atomic E-state index is 9.21. The fourth-order valence-corrected chi connectivity index (χ4v) is 2.78. The molecule has 2 heterocycles. The number of ether oxygens (including phenoxy) is 1. The van der Waals surface area contributed by atoms with Crippen molar-refractivity contribution in [2.24, 2.45) is 0 Å². The molecule has 0 bridgehead atoms. The van der Waals surface area contributed by atoms with Crippen LogP contribution in [-0.2, 0) is 11.3 Å². The van der Waals surface area contributed by atoms with E-state index in [4.69, 9.17) is 4.74 Å². The molecule has 2 N–H and O–H groups in total. The zero-order valence-electron chi connectivity index (χ0n) is 11.3. The molecule has 2 aromatic heterocycles. The van der Waals surface area contributed by atoms with Crippen molar-refractivity contribution < 1.29 is 9.84 Å². The third-order valence-electron chi connectivity index (χ3n) is 2.92. The Bertz CT molecular complexity index is 511. The molecule has 19 heavy (non-hydrogen) atoms. The summed E-state index contributed by atoms with van der Waals surface area (Å²) in [6.45, 7) is 2.74. The minimum Gasteiger partial charge on any atom is -0.395 e. The van der Waals surface area contributed by atoms with Gasteiger partial charge in [-0.25, -0.2) is 4.98 Å². The van der Waals surface area contributed by atoms with Crippen molar-refractivity contribution in [2.75, 3.05) is 45.4 Å². The Morgan fingerprint density at radius 3 is 3.05 bits per heavy atom. The number of hydrogen-bond donors (Lipinski definition) is 2. The van der Waals surface area contributed by atoms with Crippen LogP contribution in [0.1, 0.15) is 5.69 Å². The molecule has 0 amide bonds. The van der Waals surface area contributed by atoms with Crippen molar-refractivity contribution in [1.29, 1.82) is 0 Å². The van der Waals surface area contributed by atoms with Gasteiger partial charge in [-0.05, 0) is 7.05 Å². The predicted octanol–water partition coefficient (Wildman–Crippen LogP) is 0.560. The molecule has 0 atom stereocenters. The number of nitrogens with one attached hydrogen (secondary N) is 1. The first kappa shape index (κ1) is 14.3. The van der Waals surface area contributed by atoms with E-state index in [9.17, 15) is 5.11 Å². The standard InChI is InChI=1S/C12H20N4O2S/c1-13-9-10-11(14-12-16(10)5-8-19-12)15(3-6-17)4-7-18-2/h5,8,13,17H,3-4,6-7,9H2,1-2H3. The molecular formula is C12H20N4O2S. The van der Waals surface area contributed by atoms with Gasteiger partial charge in [0.1, 0.15) is 0 Å². The number of hydrogen-bond acceptors (Lipinski definition) is 6. The van der Waals surface area contributed by atoms with E-state index in [2.05, 4.69) is 19.6 Å². The molecule has 0 radical (unpaired) electrons. The normalized spacial score (nSPS) is 11.3. The summed E-state index contributed by atoms with van der Waals surface area (Å²) in [7, 11) is 3.60. The van der Waals surface area contributed by atoms with Gasteiger partial charge in [0.2, 0.25) is 0 Å². The maximum Gasteiger partial charge on any atom is 0.195 e. The van der Waals surface area contributed by atoms with Crippen LogP contribution in [0, 0.1) is 0 Å². The molecule has 0 aliphatic carbocycles. The van der Waals surface area contributed by atoms with Gasteiger partial charge < -0.3 is 20.1 Å². The van der Waals surface area contributed by atoms with Gasteiger partial charge in [0.25, 0.3) is 0 Å². The molecule has 7 heteroatoms. The maximum atomic E-state index is 9.21. The number of aromatic nitrogens is 2. The van der Waals surface area contributed by atoms with E-state index in [1.807, 2.05) is 18.6 Å². The number of aliphatic hydroxyl groups excluding tert-OH is 1. The average Bonchev–Trinajstić information content (AvgIpc) is 2.97. The lowest BCUT2D eigenvalue weighted by Crippen LogP contribution is -2.31. The van der Waals surface area contributed by atoms with Gasteiger partial charge in [-0.3, -0.25) is 4.40 Å². The molecule has 106 valence electrons. The van der Waals surface area contributed by atoms with E-state index in [-0.39, 0.29) is 6.61 Å². The van der Waals surface area contributed by atoms with Gasteiger partial charge in [0, 0.05) is 38.3 Å². The Kier molecular flexibility index (Phi) is 5.15. The highest BCUT2D eigenvalue weighted by molar-refractivity contribution is 7.15. The Morgan fingerprint density at radius 1 is 1.53 bits per heavy atom. The number of fused-ring (bicyclic) bond motifs is 1. The Balaban J connectivity index is 2.33. The largest absolute Gasteiger partial charge is 0.395 e. The van der Waals surface area contributed by atoms with Crippen LogP contribution >= 0.6 is 11.3 Å². The quantitative estimate of drug-likeness (QED) is 0.742. The lowest BCUT2D eigenvalue weighted by Gasteiger charge is -2.22. The fourth-order valence-electron chi connectivity index (χ4n) is 2.05. The van der Waals surface area contributed by atoms with E-state index in [1.165, 1.54) is 0 Å². The predicted molar refractivity (Wildman–Crippen MR) is 77.0 cm³/mol. The van der Waals surface area contributed by atoms with Crippen molar-refractivity contribution in [3.63, 3.8) is 0 Å². The van der Waals surface area contributed by atoms with Crippen LogP contribution in [0.4, 0.5) is 5.82 Å². The third-order valence-corrected chi connectivity index (χ3v) is 3.68. The second kappa shape index (κ2) is 6.85. The summed E-state index contributed by atoms with van der Waals surface area (Å²) in [6.07, 6.45) is 2.02. The van der Waals surface area contributed by atoms with Crippen molar-refractivity contribution in [3.05, 3.63) is 17.3 Å². The van der Waals surface area contributed by atoms with Gasteiger partial charge in [-0.2, -0.15) is 0 Å². The second-order valence-corrected chi connectivity index (χ2v) is 5.04. The number of thiazole rings is 1. The smallest absolute Gasteiger partial charge is 0.195 e. The van der Waals surface area contributed by atoms with Gasteiger partial charge in [-0.15, -0.1) is 11.3 Å². The molecule has 0 saturated heterocycles. The number of rotatable bonds is 8. The molecule has 0 aliphatic rings. The molecule has 0 fully saturated rings. The monoisotopic (exact) mass is 284 g/mol. The van der Waals surface area contributed by atoms with Crippen LogP contribution in [0.2, 0.25) is 0 Å². The molecule has 0 unspecified atom stereocenters. The van der Waals surface area contributed by atoms with E-state index >= 15 is 0 Å². The van der Waals surface area contributed by atoms with E-state index in [0.717, 1.165) is 29.6 Å². The lowest BCUT2D eigenvalue weighted by atomic mass is 10.3. The topological polar surface area (TPSA) is 62.0 Å². The summed E-state index contributed by atoms with van der Waals surface area (Å²) in [5.41, 5.74) is 1.11. The minimum absolute atomic E-state index is 0.105. The van der Waals surface area contributed by atoms with Gasteiger partial charge in [0.15, 0.2) is 10.8 Å². The molecule has 2 rings (SSSR count). The average molecular weight is 284 g/mol. The number of imidazole rings is 1. The first-order chi connectivity index (χ1) is 9.31. The summed E-state index contributed by atoms with van der Waals surface area (Å²) in [5.74, 6) is 0.923. The Morgan fingerprint density at radius 2 is 2.37 bits per heavy atom. The van der Waals surface area contributed by atoms with Gasteiger partial charge >= 0.3 is 0 Å². The van der Waals surface area contributed by atoms with Crippen LogP contribution in [0.25, 0.3) is 4.96 Å². The summed E-state index contributed by atoms with van der Waals surface area (Å²) in [5, 5.41) is 14.4. The van der Waals surface area contributed by atoms with Gasteiger partial charge in [-0.1, -0.05) is 0 Å². The van der Waals surface area contributed by atoms with E-state index in [0.29, 0.717) is 13.2 Å². The molecule has 0 aliphatic heterocycles. The van der Waals surface area contributed by atoms with Crippen LogP contribution in [0.3, 0.4) is 0 Å². The zero-order chi connectivity index (χ0) is 13.7. The summed E-state index contributed by atoms with van der Waals surface area (Å²) in [4.78, 5) is 7.70. The number of methoxy groups -OCH3 is 1. The van der Waals surface area contributed by atoms with Crippen LogP contribution < -0.4 is 10.2 Å². The van der Waals surface area contributed by atoms with Crippen LogP contribution in [0.5, 0.6) is 0 Å². The zero-order valence-corrected chi connectivity index (χ0v) is 12.1. The number of nitrogens with zero attached hydrogens (tertiary/aromatic N) is 3.